The van der Waals surface area contributed by atoms with Crippen LogP contribution in [0.25, 0.3) is 0 Å². The van der Waals surface area contributed by atoms with Crippen LogP contribution in [0.4, 0.5) is 37.0 Å². The number of nitrogen functional groups attached to an aromatic ring is 1. The van der Waals surface area contributed by atoms with Crippen LogP contribution in [0.5, 0.6) is 0 Å². The Kier molecular flexibility index (Phi) is 5.40. The van der Waals surface area contributed by atoms with Gasteiger partial charge in [-0.2, -0.15) is 26.3 Å². The SMILES string of the molecule is CCOC(=O)NC(c1c(N)n(C)c(=O)n(C)c1=O)(C(F)(F)F)C(F)(F)F. The molecule has 0 radical (unpaired) electrons. The van der Waals surface area contributed by atoms with Gasteiger partial charge in [-0.25, -0.2) is 9.59 Å². The van der Waals surface area contributed by atoms with Gasteiger partial charge in [0.05, 0.1) is 6.61 Å². The van der Waals surface area contributed by atoms with Crippen molar-refractivity contribution < 1.29 is 35.9 Å². The number of hydrogen-bond acceptors (Lipinski definition) is 5. The van der Waals surface area contributed by atoms with Crippen molar-refractivity contribution in [3.63, 3.8) is 0 Å². The van der Waals surface area contributed by atoms with Gasteiger partial charge in [-0.3, -0.25) is 19.2 Å². The van der Waals surface area contributed by atoms with Crippen LogP contribution in [0.3, 0.4) is 0 Å². The summed E-state index contributed by atoms with van der Waals surface area (Å²) < 4.78 is 85.9. The van der Waals surface area contributed by atoms with Gasteiger partial charge in [0.15, 0.2) is 0 Å². The van der Waals surface area contributed by atoms with Gasteiger partial charge >= 0.3 is 24.1 Å². The van der Waals surface area contributed by atoms with Crippen LogP contribution < -0.4 is 22.3 Å². The van der Waals surface area contributed by atoms with Crippen molar-refractivity contribution in [2.45, 2.75) is 24.8 Å². The number of halogens is 6. The number of ether oxygens (including phenoxy) is 1. The molecule has 1 amide bonds. The van der Waals surface area contributed by atoms with Crippen molar-refractivity contribution >= 4 is 11.9 Å². The number of nitrogens with zero attached hydrogens (tertiary/aromatic N) is 2. The van der Waals surface area contributed by atoms with Crippen molar-refractivity contribution in [2.24, 2.45) is 14.1 Å². The number of amides is 1. The molecule has 0 unspecified atom stereocenters. The lowest BCUT2D eigenvalue weighted by molar-refractivity contribution is -0.311. The molecule has 0 spiro atoms. The molecule has 148 valence electrons. The molecule has 14 heteroatoms. The number of hydrogen-bond donors (Lipinski definition) is 2. The summed E-state index contributed by atoms with van der Waals surface area (Å²) in [6.07, 6.45) is -14.6. The summed E-state index contributed by atoms with van der Waals surface area (Å²) in [4.78, 5) is 35.2. The van der Waals surface area contributed by atoms with E-state index in [1.54, 1.807) is 0 Å². The Morgan fingerprint density at radius 2 is 1.54 bits per heavy atom. The van der Waals surface area contributed by atoms with E-state index in [0.29, 0.717) is 12.4 Å². The second-order valence-electron chi connectivity index (χ2n) is 5.06. The molecule has 3 N–H and O–H groups in total. The van der Waals surface area contributed by atoms with Crippen LogP contribution in [0, 0.1) is 0 Å². The first-order valence-electron chi connectivity index (χ1n) is 6.77. The predicted molar refractivity (Wildman–Crippen MR) is 75.3 cm³/mol. The van der Waals surface area contributed by atoms with Crippen molar-refractivity contribution in [1.29, 1.82) is 0 Å². The molecule has 0 aromatic carbocycles. The number of aromatic nitrogens is 2. The molecule has 0 saturated heterocycles. The van der Waals surface area contributed by atoms with Crippen LogP contribution in [0.2, 0.25) is 0 Å². The highest BCUT2D eigenvalue weighted by Crippen LogP contribution is 2.50. The summed E-state index contributed by atoms with van der Waals surface area (Å²) in [5.74, 6) is -1.41. The Bertz CT molecular complexity index is 809. The van der Waals surface area contributed by atoms with Gasteiger partial charge < -0.3 is 10.5 Å². The summed E-state index contributed by atoms with van der Waals surface area (Å²) in [6, 6.07) is 0. The van der Waals surface area contributed by atoms with Crippen LogP contribution in [-0.4, -0.2) is 34.2 Å². The molecule has 0 aliphatic rings. The van der Waals surface area contributed by atoms with Gasteiger partial charge in [-0.05, 0) is 6.92 Å². The fourth-order valence-corrected chi connectivity index (χ4v) is 2.18. The maximum atomic E-state index is 13.6. The molecular formula is C12H14F6N4O4. The molecule has 1 heterocycles. The number of anilines is 1. The van der Waals surface area contributed by atoms with Gasteiger partial charge in [-0.15, -0.1) is 0 Å². The number of nitrogens with one attached hydrogen (secondary N) is 1. The van der Waals surface area contributed by atoms with E-state index in [-0.39, 0.29) is 9.13 Å². The summed E-state index contributed by atoms with van der Waals surface area (Å²) in [7, 11) is 1.43. The zero-order valence-corrected chi connectivity index (χ0v) is 13.6. The third kappa shape index (κ3) is 3.10. The van der Waals surface area contributed by atoms with Crippen molar-refractivity contribution in [3.05, 3.63) is 26.4 Å². The minimum Gasteiger partial charge on any atom is -0.450 e. The topological polar surface area (TPSA) is 108 Å². The van der Waals surface area contributed by atoms with E-state index in [9.17, 15) is 40.7 Å². The number of carbonyl (C=O) groups excluding carboxylic acids is 1. The number of nitrogens with two attached hydrogens (primary N) is 1. The number of alkyl carbamates (subject to hydrolysis) is 1. The average molecular weight is 392 g/mol. The molecule has 1 aromatic rings. The second kappa shape index (κ2) is 6.57. The lowest BCUT2D eigenvalue weighted by Crippen LogP contribution is -2.67. The van der Waals surface area contributed by atoms with Crippen LogP contribution in [-0.2, 0) is 24.4 Å². The highest BCUT2D eigenvalue weighted by atomic mass is 19.4. The van der Waals surface area contributed by atoms with Crippen LogP contribution in [0.15, 0.2) is 9.59 Å². The number of carbonyl (C=O) groups is 1. The smallest absolute Gasteiger partial charge is 0.425 e. The molecule has 0 fully saturated rings. The summed E-state index contributed by atoms with van der Waals surface area (Å²) in [6.45, 7) is 0.598. The summed E-state index contributed by atoms with van der Waals surface area (Å²) >= 11 is 0. The van der Waals surface area contributed by atoms with E-state index in [2.05, 4.69) is 4.74 Å². The molecular weight excluding hydrogens is 378 g/mol. The first kappa shape index (κ1) is 21.4. The molecule has 8 nitrogen and oxygen atoms in total. The van der Waals surface area contributed by atoms with E-state index in [1.165, 1.54) is 0 Å². The van der Waals surface area contributed by atoms with Gasteiger partial charge in [-0.1, -0.05) is 0 Å². The molecule has 0 atom stereocenters. The third-order valence-corrected chi connectivity index (χ3v) is 3.50. The number of alkyl halides is 6. The molecule has 0 bridgehead atoms. The summed E-state index contributed by atoms with van der Waals surface area (Å²) in [5, 5.41) is 0.663. The fourth-order valence-electron chi connectivity index (χ4n) is 2.18. The third-order valence-electron chi connectivity index (χ3n) is 3.50. The lowest BCUT2D eigenvalue weighted by atomic mass is 9.89. The lowest BCUT2D eigenvalue weighted by Gasteiger charge is -2.37. The van der Waals surface area contributed by atoms with Crippen LogP contribution in [0.1, 0.15) is 12.5 Å². The first-order chi connectivity index (χ1) is 11.6. The van der Waals surface area contributed by atoms with E-state index >= 15 is 0 Å². The predicted octanol–water partition coefficient (Wildman–Crippen LogP) is 0.732. The minimum absolute atomic E-state index is 0.00472. The largest absolute Gasteiger partial charge is 0.450 e. The van der Waals surface area contributed by atoms with Crippen LogP contribution >= 0.6 is 0 Å². The normalized spacial score (nSPS) is 12.8. The van der Waals surface area contributed by atoms with E-state index in [4.69, 9.17) is 5.73 Å². The van der Waals surface area contributed by atoms with Gasteiger partial charge in [0.2, 0.25) is 0 Å². The Hall–Kier alpha value is -2.67. The highest BCUT2D eigenvalue weighted by molar-refractivity contribution is 5.70. The summed E-state index contributed by atoms with van der Waals surface area (Å²) in [5.41, 5.74) is -5.27. The monoisotopic (exact) mass is 392 g/mol. The maximum absolute atomic E-state index is 13.6. The van der Waals surface area contributed by atoms with Crippen molar-refractivity contribution in [3.8, 4) is 0 Å². The average Bonchev–Trinajstić information content (AvgIpc) is 2.48. The van der Waals surface area contributed by atoms with Crippen molar-refractivity contribution in [1.82, 2.24) is 14.5 Å². The van der Waals surface area contributed by atoms with Gasteiger partial charge in [0, 0.05) is 14.1 Å². The van der Waals surface area contributed by atoms with Gasteiger partial charge in [0.1, 0.15) is 11.4 Å². The standard InChI is InChI=1S/C12H14F6N4O4/c1-4-26-8(24)20-10(11(13,14)15,12(16,17)18)5-6(19)21(2)9(25)22(3)7(5)23/h4,19H2,1-3H3,(H,20,24). The molecule has 0 aliphatic heterocycles. The Morgan fingerprint density at radius 3 is 1.92 bits per heavy atom. The Labute approximate surface area is 141 Å². The highest BCUT2D eigenvalue weighted by Gasteiger charge is 2.75. The van der Waals surface area contributed by atoms with E-state index < -0.39 is 53.2 Å². The molecule has 0 saturated carbocycles. The molecule has 0 aliphatic carbocycles. The Morgan fingerprint density at radius 1 is 1.08 bits per heavy atom. The zero-order chi connectivity index (χ0) is 20.7. The fraction of sp³-hybridized carbons (Fsp3) is 0.583. The first-order valence-corrected chi connectivity index (χ1v) is 6.77. The quantitative estimate of drug-likeness (QED) is 0.738. The zero-order valence-electron chi connectivity index (χ0n) is 13.6. The second-order valence-corrected chi connectivity index (χ2v) is 5.06. The molecule has 1 aromatic heterocycles. The van der Waals surface area contributed by atoms with Gasteiger partial charge in [0.25, 0.3) is 11.1 Å². The molecule has 1 rings (SSSR count). The Balaban J connectivity index is 4.10. The van der Waals surface area contributed by atoms with E-state index in [1.807, 2.05) is 0 Å². The van der Waals surface area contributed by atoms with E-state index in [0.717, 1.165) is 14.0 Å². The maximum Gasteiger partial charge on any atom is 0.425 e. The van der Waals surface area contributed by atoms with Crippen molar-refractivity contribution in [2.75, 3.05) is 12.3 Å². The molecule has 26 heavy (non-hydrogen) atoms. The number of rotatable bonds is 3. The minimum atomic E-state index is -6.25.